The highest BCUT2D eigenvalue weighted by Gasteiger charge is 2.49. The lowest BCUT2D eigenvalue weighted by atomic mass is 9.74. The molecule has 34 heavy (non-hydrogen) atoms. The molecular weight excluding hydrogens is 444 g/mol. The fourth-order valence-corrected chi connectivity index (χ4v) is 4.33. The number of rotatable bonds is 7. The summed E-state index contributed by atoms with van der Waals surface area (Å²) in [6.45, 7) is -1.31. The van der Waals surface area contributed by atoms with Gasteiger partial charge in [-0.15, -0.1) is 0 Å². The van der Waals surface area contributed by atoms with Crippen LogP contribution in [0, 0.1) is 0 Å². The Balaban J connectivity index is 1.64. The molecule has 1 unspecified atom stereocenters. The molecule has 0 radical (unpaired) electrons. The Morgan fingerprint density at radius 2 is 1.94 bits per heavy atom. The molecule has 2 N–H and O–H groups in total. The number of nitrogens with zero attached hydrogens (tertiary/aromatic N) is 2. The van der Waals surface area contributed by atoms with Crippen molar-refractivity contribution in [3.63, 3.8) is 0 Å². The summed E-state index contributed by atoms with van der Waals surface area (Å²) in [4.78, 5) is 30.2. The molecule has 1 atom stereocenters. The van der Waals surface area contributed by atoms with Crippen molar-refractivity contribution in [3.05, 3.63) is 76.9 Å². The Morgan fingerprint density at radius 1 is 1.24 bits per heavy atom. The maximum absolute atomic E-state index is 13.4. The van der Waals surface area contributed by atoms with Crippen molar-refractivity contribution in [2.24, 2.45) is 10.7 Å². The number of likely N-dealkylation sites (N-methyl/N-ethyl adjacent to an activating group) is 1. The van der Waals surface area contributed by atoms with Gasteiger partial charge in [-0.3, -0.25) is 14.5 Å². The topological polar surface area (TPSA) is 94.2 Å². The van der Waals surface area contributed by atoms with E-state index in [1.54, 1.807) is 19.2 Å². The van der Waals surface area contributed by atoms with E-state index in [0.717, 1.165) is 18.4 Å². The Kier molecular flexibility index (Phi) is 6.37. The van der Waals surface area contributed by atoms with Gasteiger partial charge in [-0.05, 0) is 53.7 Å². The fraction of sp³-hybridized carbons (Fsp3) is 0.320. The summed E-state index contributed by atoms with van der Waals surface area (Å²) in [6, 6.07) is 13.5. The normalized spacial score (nSPS) is 21.9. The molecule has 4 rings (SSSR count). The smallest absolute Gasteiger partial charge is 0.387 e. The van der Waals surface area contributed by atoms with Gasteiger partial charge in [-0.25, -0.2) is 4.99 Å². The Morgan fingerprint density at radius 3 is 2.53 bits per heavy atom. The van der Waals surface area contributed by atoms with E-state index in [2.05, 4.69) is 9.73 Å². The minimum absolute atomic E-state index is 0.0130. The summed E-state index contributed by atoms with van der Waals surface area (Å²) in [5, 5.41) is 0. The van der Waals surface area contributed by atoms with E-state index < -0.39 is 12.2 Å². The second-order valence-electron chi connectivity index (χ2n) is 8.34. The van der Waals surface area contributed by atoms with Gasteiger partial charge in [-0.1, -0.05) is 42.0 Å². The summed E-state index contributed by atoms with van der Waals surface area (Å²) in [5.41, 5.74) is 8.00. The SMILES string of the molecule is CC(=O)OCC=C1CC(c2cccc(C3(c4ccc(OC(F)F)cc4)N=C(N)N(C)C3=O)c2)C1. The van der Waals surface area contributed by atoms with Gasteiger partial charge in [-0.2, -0.15) is 8.78 Å². The highest BCUT2D eigenvalue weighted by Crippen LogP contribution is 2.44. The van der Waals surface area contributed by atoms with Gasteiger partial charge >= 0.3 is 12.6 Å². The van der Waals surface area contributed by atoms with Gasteiger partial charge < -0.3 is 15.2 Å². The molecule has 1 amide bonds. The molecule has 0 spiro atoms. The Bertz CT molecular complexity index is 1160. The summed E-state index contributed by atoms with van der Waals surface area (Å²) in [7, 11) is 1.55. The number of carbonyl (C=O) groups excluding carboxylic acids is 2. The quantitative estimate of drug-likeness (QED) is 0.493. The molecule has 9 heteroatoms. The van der Waals surface area contributed by atoms with E-state index in [0.29, 0.717) is 11.1 Å². The zero-order valence-electron chi connectivity index (χ0n) is 18.8. The number of halogens is 2. The fourth-order valence-electron chi connectivity index (χ4n) is 4.33. The third kappa shape index (κ3) is 4.37. The number of aliphatic imine (C=N–C) groups is 1. The number of guanidine groups is 1. The zero-order chi connectivity index (χ0) is 24.5. The van der Waals surface area contributed by atoms with Crippen LogP contribution in [0.25, 0.3) is 0 Å². The van der Waals surface area contributed by atoms with Crippen LogP contribution >= 0.6 is 0 Å². The van der Waals surface area contributed by atoms with Crippen LogP contribution in [0.4, 0.5) is 8.78 Å². The average Bonchev–Trinajstić information content (AvgIpc) is 3.00. The minimum atomic E-state index is -2.94. The van der Waals surface area contributed by atoms with E-state index >= 15 is 0 Å². The van der Waals surface area contributed by atoms with Crippen molar-refractivity contribution in [1.29, 1.82) is 0 Å². The molecule has 0 bridgehead atoms. The molecule has 1 saturated carbocycles. The van der Waals surface area contributed by atoms with E-state index in [-0.39, 0.29) is 36.1 Å². The van der Waals surface area contributed by atoms with Gasteiger partial charge in [0.05, 0.1) is 0 Å². The molecule has 0 saturated heterocycles. The van der Waals surface area contributed by atoms with Crippen LogP contribution in [0.3, 0.4) is 0 Å². The average molecular weight is 469 g/mol. The molecule has 2 aliphatic rings. The molecule has 1 fully saturated rings. The molecule has 178 valence electrons. The first-order valence-electron chi connectivity index (χ1n) is 10.8. The number of esters is 1. The molecule has 2 aromatic rings. The number of ether oxygens (including phenoxy) is 2. The predicted octanol–water partition coefficient (Wildman–Crippen LogP) is 3.69. The standard InChI is InChI=1S/C25H25F2N3O4/c1-15(31)33-11-10-16-12-18(13-16)17-4-3-5-20(14-17)25(22(32)30(2)24(28)29-25)19-6-8-21(9-7-19)34-23(26)27/h3-10,14,18,23H,11-13H2,1-2H3,(H2,28,29). The van der Waals surface area contributed by atoms with Gasteiger partial charge in [0.25, 0.3) is 5.91 Å². The second kappa shape index (κ2) is 9.24. The molecule has 0 aromatic heterocycles. The lowest BCUT2D eigenvalue weighted by Crippen LogP contribution is -2.41. The second-order valence-corrected chi connectivity index (χ2v) is 8.34. The number of alkyl halides is 2. The van der Waals surface area contributed by atoms with Crippen molar-refractivity contribution in [2.45, 2.75) is 37.8 Å². The highest BCUT2D eigenvalue weighted by molar-refractivity contribution is 6.08. The van der Waals surface area contributed by atoms with Crippen LogP contribution in [-0.2, 0) is 19.9 Å². The monoisotopic (exact) mass is 469 g/mol. The molecule has 7 nitrogen and oxygen atoms in total. The van der Waals surface area contributed by atoms with Crippen molar-refractivity contribution in [1.82, 2.24) is 4.90 Å². The summed E-state index contributed by atoms with van der Waals surface area (Å²) in [6.07, 6.45) is 3.58. The van der Waals surface area contributed by atoms with Gasteiger partial charge in [0, 0.05) is 14.0 Å². The van der Waals surface area contributed by atoms with E-state index in [1.807, 2.05) is 30.3 Å². The number of benzene rings is 2. The third-order valence-electron chi connectivity index (χ3n) is 6.19. The van der Waals surface area contributed by atoms with Gasteiger partial charge in [0.15, 0.2) is 11.5 Å². The summed E-state index contributed by atoms with van der Waals surface area (Å²) >= 11 is 0. The lowest BCUT2D eigenvalue weighted by molar-refractivity contribution is -0.139. The molecular formula is C25H25F2N3O4. The number of allylic oxidation sites excluding steroid dienone is 1. The Labute approximate surface area is 195 Å². The van der Waals surface area contributed by atoms with E-state index in [9.17, 15) is 18.4 Å². The first-order chi connectivity index (χ1) is 16.2. The van der Waals surface area contributed by atoms with E-state index in [4.69, 9.17) is 10.5 Å². The number of nitrogens with two attached hydrogens (primary N) is 1. The van der Waals surface area contributed by atoms with Crippen LogP contribution < -0.4 is 10.5 Å². The van der Waals surface area contributed by atoms with Crippen molar-refractivity contribution in [2.75, 3.05) is 13.7 Å². The maximum Gasteiger partial charge on any atom is 0.387 e. The lowest BCUT2D eigenvalue weighted by Gasteiger charge is -2.32. The third-order valence-corrected chi connectivity index (χ3v) is 6.19. The van der Waals surface area contributed by atoms with Gasteiger partial charge in [0.1, 0.15) is 12.4 Å². The van der Waals surface area contributed by atoms with Gasteiger partial charge in [0.2, 0.25) is 0 Å². The number of carbonyl (C=O) groups is 2. The van der Waals surface area contributed by atoms with Crippen molar-refractivity contribution >= 4 is 17.8 Å². The zero-order valence-corrected chi connectivity index (χ0v) is 18.8. The first kappa shape index (κ1) is 23.4. The van der Waals surface area contributed by atoms with Crippen LogP contribution in [0.5, 0.6) is 5.75 Å². The molecule has 1 aliphatic heterocycles. The molecule has 1 heterocycles. The van der Waals surface area contributed by atoms with E-state index in [1.165, 1.54) is 29.5 Å². The highest BCUT2D eigenvalue weighted by atomic mass is 19.3. The first-order valence-corrected chi connectivity index (χ1v) is 10.8. The molecule has 1 aliphatic carbocycles. The minimum Gasteiger partial charge on any atom is -0.462 e. The largest absolute Gasteiger partial charge is 0.462 e. The van der Waals surface area contributed by atoms with Crippen LogP contribution in [-0.4, -0.2) is 43.0 Å². The number of hydrogen-bond donors (Lipinski definition) is 1. The van der Waals surface area contributed by atoms with Crippen LogP contribution in [0.1, 0.15) is 42.4 Å². The predicted molar refractivity (Wildman–Crippen MR) is 121 cm³/mol. The number of hydrogen-bond acceptors (Lipinski definition) is 6. The van der Waals surface area contributed by atoms with Crippen LogP contribution in [0.2, 0.25) is 0 Å². The summed E-state index contributed by atoms with van der Waals surface area (Å²) < 4.78 is 34.5. The van der Waals surface area contributed by atoms with Crippen LogP contribution in [0.15, 0.2) is 65.2 Å². The molecule has 2 aromatic carbocycles. The maximum atomic E-state index is 13.4. The van der Waals surface area contributed by atoms with Crippen molar-refractivity contribution < 1.29 is 27.8 Å². The number of amides is 1. The summed E-state index contributed by atoms with van der Waals surface area (Å²) in [5.74, 6) is -0.327. The van der Waals surface area contributed by atoms with Crippen molar-refractivity contribution in [3.8, 4) is 5.75 Å². The Hall–Kier alpha value is -3.75.